The van der Waals surface area contributed by atoms with E-state index >= 15 is 0 Å². The molecule has 86 valence electrons. The lowest BCUT2D eigenvalue weighted by molar-refractivity contribution is 0.620. The number of hydrogen-bond donors (Lipinski definition) is 1. The zero-order valence-electron chi connectivity index (χ0n) is 9.13. The van der Waals surface area contributed by atoms with Crippen LogP contribution in [0.1, 0.15) is 24.4 Å². The summed E-state index contributed by atoms with van der Waals surface area (Å²) < 4.78 is 14.6. The van der Waals surface area contributed by atoms with Crippen LogP contribution in [-0.2, 0) is 0 Å². The molecule has 0 unspecified atom stereocenters. The van der Waals surface area contributed by atoms with E-state index in [4.69, 9.17) is 11.0 Å². The molecule has 0 aliphatic carbocycles. The van der Waals surface area contributed by atoms with E-state index in [1.807, 2.05) is 6.07 Å². The third-order valence-electron chi connectivity index (χ3n) is 2.32. The van der Waals surface area contributed by atoms with Crippen molar-refractivity contribution < 1.29 is 4.39 Å². The van der Waals surface area contributed by atoms with E-state index in [0.29, 0.717) is 11.3 Å². The van der Waals surface area contributed by atoms with Crippen LogP contribution in [0.25, 0.3) is 5.69 Å². The van der Waals surface area contributed by atoms with E-state index in [-0.39, 0.29) is 17.7 Å². The van der Waals surface area contributed by atoms with Crippen molar-refractivity contribution in [2.24, 2.45) is 5.73 Å². The highest BCUT2D eigenvalue weighted by Crippen LogP contribution is 2.20. The predicted octanol–water partition coefficient (Wildman–Crippen LogP) is 1.30. The fourth-order valence-corrected chi connectivity index (χ4v) is 1.53. The van der Waals surface area contributed by atoms with E-state index in [1.54, 1.807) is 13.0 Å². The van der Waals surface area contributed by atoms with E-state index in [0.717, 1.165) is 0 Å². The van der Waals surface area contributed by atoms with Crippen LogP contribution in [0.5, 0.6) is 0 Å². The molecule has 2 N–H and O–H groups in total. The number of nitriles is 1. The van der Waals surface area contributed by atoms with Gasteiger partial charge in [0.15, 0.2) is 0 Å². The average Bonchev–Trinajstić information content (AvgIpc) is 2.77. The highest BCUT2D eigenvalue weighted by atomic mass is 19.1. The van der Waals surface area contributed by atoms with Crippen molar-refractivity contribution in [2.45, 2.75) is 13.0 Å². The molecule has 2 aromatic rings. The summed E-state index contributed by atoms with van der Waals surface area (Å²) in [5, 5.41) is 12.6. The van der Waals surface area contributed by atoms with Crippen LogP contribution in [0.4, 0.5) is 4.39 Å². The molecule has 0 fully saturated rings. The fraction of sp³-hybridized carbons (Fsp3) is 0.182. The standard InChI is InChI=1S/C11H10FN5/c1-7(14)9-4-8(12)2-3-10(9)17-6-15-11(5-13)16-17/h2-4,6-7H,14H2,1H3/t7-/m1/s1. The lowest BCUT2D eigenvalue weighted by atomic mass is 10.1. The lowest BCUT2D eigenvalue weighted by Crippen LogP contribution is -2.10. The molecule has 0 spiro atoms. The van der Waals surface area contributed by atoms with E-state index < -0.39 is 0 Å². The third-order valence-corrected chi connectivity index (χ3v) is 2.32. The summed E-state index contributed by atoms with van der Waals surface area (Å²) >= 11 is 0. The second-order valence-corrected chi connectivity index (χ2v) is 3.62. The first-order valence-electron chi connectivity index (χ1n) is 4.99. The van der Waals surface area contributed by atoms with Gasteiger partial charge in [0.1, 0.15) is 18.2 Å². The number of aromatic nitrogens is 3. The molecule has 2 rings (SSSR count). The van der Waals surface area contributed by atoms with Gasteiger partial charge in [-0.3, -0.25) is 0 Å². The molecule has 0 saturated heterocycles. The second-order valence-electron chi connectivity index (χ2n) is 3.62. The SMILES string of the molecule is C[C@@H](N)c1cc(F)ccc1-n1cnc(C#N)n1. The maximum absolute atomic E-state index is 13.1. The Bertz CT molecular complexity index is 582. The fourth-order valence-electron chi connectivity index (χ4n) is 1.53. The van der Waals surface area contributed by atoms with Crippen molar-refractivity contribution in [3.05, 3.63) is 41.7 Å². The number of rotatable bonds is 2. The van der Waals surface area contributed by atoms with Crippen LogP contribution in [0.15, 0.2) is 24.5 Å². The van der Waals surface area contributed by atoms with Crippen molar-refractivity contribution in [3.8, 4) is 11.8 Å². The maximum Gasteiger partial charge on any atom is 0.252 e. The molecule has 0 amide bonds. The molecule has 0 bridgehead atoms. The summed E-state index contributed by atoms with van der Waals surface area (Å²) in [5.74, 6) is -0.299. The zero-order chi connectivity index (χ0) is 12.4. The van der Waals surface area contributed by atoms with Crippen LogP contribution >= 0.6 is 0 Å². The Labute approximate surface area is 97.3 Å². The summed E-state index contributed by atoms with van der Waals surface area (Å²) in [4.78, 5) is 3.79. The van der Waals surface area contributed by atoms with Crippen LogP contribution in [0.3, 0.4) is 0 Å². The van der Waals surface area contributed by atoms with Gasteiger partial charge in [-0.05, 0) is 30.7 Å². The topological polar surface area (TPSA) is 80.5 Å². The lowest BCUT2D eigenvalue weighted by Gasteiger charge is -2.12. The average molecular weight is 231 g/mol. The van der Waals surface area contributed by atoms with Crippen molar-refractivity contribution >= 4 is 0 Å². The minimum Gasteiger partial charge on any atom is -0.324 e. The molecule has 0 radical (unpaired) electrons. The van der Waals surface area contributed by atoms with E-state index in [1.165, 1.54) is 23.1 Å². The van der Waals surface area contributed by atoms with E-state index in [2.05, 4.69) is 10.1 Å². The molecule has 5 nitrogen and oxygen atoms in total. The first kappa shape index (κ1) is 11.2. The Kier molecular flexibility index (Phi) is 2.85. The Hall–Kier alpha value is -2.26. The summed E-state index contributed by atoms with van der Waals surface area (Å²) in [5.41, 5.74) is 7.00. The summed E-state index contributed by atoms with van der Waals surface area (Å²) in [7, 11) is 0. The van der Waals surface area contributed by atoms with Crippen LogP contribution in [0.2, 0.25) is 0 Å². The van der Waals surface area contributed by atoms with Gasteiger partial charge in [-0.15, -0.1) is 5.10 Å². The van der Waals surface area contributed by atoms with Gasteiger partial charge in [-0.1, -0.05) is 0 Å². The highest BCUT2D eigenvalue weighted by Gasteiger charge is 2.11. The van der Waals surface area contributed by atoms with Crippen LogP contribution < -0.4 is 5.73 Å². The Balaban J connectivity index is 2.55. The number of nitrogens with two attached hydrogens (primary N) is 1. The molecule has 1 heterocycles. The number of nitrogens with zero attached hydrogens (tertiary/aromatic N) is 4. The molecule has 6 heteroatoms. The Morgan fingerprint density at radius 3 is 2.88 bits per heavy atom. The van der Waals surface area contributed by atoms with Gasteiger partial charge in [0, 0.05) is 6.04 Å². The number of hydrogen-bond acceptors (Lipinski definition) is 4. The monoisotopic (exact) mass is 231 g/mol. The normalized spacial score (nSPS) is 12.1. The van der Waals surface area contributed by atoms with E-state index in [9.17, 15) is 4.39 Å². The quantitative estimate of drug-likeness (QED) is 0.844. The summed E-state index contributed by atoms with van der Waals surface area (Å²) in [6, 6.07) is 5.72. The van der Waals surface area contributed by atoms with Gasteiger partial charge in [0.2, 0.25) is 0 Å². The van der Waals surface area contributed by atoms with Crippen molar-refractivity contribution in [2.75, 3.05) is 0 Å². The van der Waals surface area contributed by atoms with Crippen LogP contribution in [-0.4, -0.2) is 14.8 Å². The Morgan fingerprint density at radius 1 is 1.53 bits per heavy atom. The summed E-state index contributed by atoms with van der Waals surface area (Å²) in [6.45, 7) is 1.75. The van der Waals surface area contributed by atoms with Gasteiger partial charge in [-0.2, -0.15) is 5.26 Å². The minimum atomic E-state index is -0.360. The highest BCUT2D eigenvalue weighted by molar-refractivity contribution is 5.42. The first-order chi connectivity index (χ1) is 8.11. The van der Waals surface area contributed by atoms with Crippen molar-refractivity contribution in [3.63, 3.8) is 0 Å². The minimum absolute atomic E-state index is 0.0601. The van der Waals surface area contributed by atoms with Gasteiger partial charge in [0.05, 0.1) is 5.69 Å². The first-order valence-corrected chi connectivity index (χ1v) is 4.99. The molecule has 0 aliphatic heterocycles. The molecular formula is C11H10FN5. The molecule has 0 saturated carbocycles. The van der Waals surface area contributed by atoms with Gasteiger partial charge in [0.25, 0.3) is 5.82 Å². The molecule has 17 heavy (non-hydrogen) atoms. The zero-order valence-corrected chi connectivity index (χ0v) is 9.13. The largest absolute Gasteiger partial charge is 0.324 e. The second kappa shape index (κ2) is 4.31. The van der Waals surface area contributed by atoms with Gasteiger partial charge >= 0.3 is 0 Å². The summed E-state index contributed by atoms with van der Waals surface area (Å²) in [6.07, 6.45) is 1.40. The number of benzene rings is 1. The number of halogens is 1. The predicted molar refractivity (Wildman–Crippen MR) is 58.6 cm³/mol. The maximum atomic E-state index is 13.1. The van der Waals surface area contributed by atoms with Crippen molar-refractivity contribution in [1.82, 2.24) is 14.8 Å². The molecule has 1 aromatic carbocycles. The molecule has 0 aliphatic rings. The van der Waals surface area contributed by atoms with Crippen molar-refractivity contribution in [1.29, 1.82) is 5.26 Å². The van der Waals surface area contributed by atoms with Gasteiger partial charge < -0.3 is 5.73 Å². The third kappa shape index (κ3) is 2.14. The molecular weight excluding hydrogens is 221 g/mol. The van der Waals surface area contributed by atoms with Crippen LogP contribution in [0, 0.1) is 17.1 Å². The molecule has 1 aromatic heterocycles. The molecule has 1 atom stereocenters. The van der Waals surface area contributed by atoms with Gasteiger partial charge in [-0.25, -0.2) is 14.1 Å². The smallest absolute Gasteiger partial charge is 0.252 e. The Morgan fingerprint density at radius 2 is 2.29 bits per heavy atom.